The molecular weight excluding hydrogens is 148 g/mol. The molecule has 0 aliphatic rings. The molecule has 0 spiro atoms. The lowest BCUT2D eigenvalue weighted by atomic mass is 10.2. The largest absolute Gasteiger partial charge is 0.334 e. The molecule has 0 fully saturated rings. The second-order valence-corrected chi connectivity index (χ2v) is 2.70. The van der Waals surface area contributed by atoms with Gasteiger partial charge in [0.15, 0.2) is 0 Å². The zero-order chi connectivity index (χ0) is 8.55. The number of hydrogen-bond acceptors (Lipinski definition) is 1. The minimum absolute atomic E-state index is 0.895. The van der Waals surface area contributed by atoms with E-state index in [2.05, 4.69) is 10.9 Å². The summed E-state index contributed by atoms with van der Waals surface area (Å²) in [5.41, 5.74) is 2.95. The van der Waals surface area contributed by atoms with Crippen molar-refractivity contribution in [3.8, 4) is 12.3 Å². The summed E-state index contributed by atoms with van der Waals surface area (Å²) in [6.45, 7) is 0. The van der Waals surface area contributed by atoms with Crippen LogP contribution in [-0.4, -0.2) is 9.55 Å². The molecule has 0 radical (unpaired) electrons. The lowest BCUT2D eigenvalue weighted by molar-refractivity contribution is 0.947. The predicted molar refractivity (Wildman–Crippen MR) is 48.6 cm³/mol. The van der Waals surface area contributed by atoms with Gasteiger partial charge in [0.05, 0.1) is 17.4 Å². The fourth-order valence-electron chi connectivity index (χ4n) is 1.22. The van der Waals surface area contributed by atoms with Crippen LogP contribution in [0, 0.1) is 12.3 Å². The van der Waals surface area contributed by atoms with Gasteiger partial charge in [-0.05, 0) is 18.2 Å². The van der Waals surface area contributed by atoms with Crippen LogP contribution in [0.1, 0.15) is 5.56 Å². The van der Waals surface area contributed by atoms with Gasteiger partial charge in [0.1, 0.15) is 0 Å². The molecule has 2 heteroatoms. The molecule has 2 rings (SSSR count). The highest BCUT2D eigenvalue weighted by molar-refractivity contribution is 5.76. The van der Waals surface area contributed by atoms with Gasteiger partial charge in [0, 0.05) is 12.6 Å². The molecule has 0 unspecified atom stereocenters. The first kappa shape index (κ1) is 6.93. The van der Waals surface area contributed by atoms with Gasteiger partial charge in [-0.25, -0.2) is 4.98 Å². The molecule has 0 aliphatic carbocycles. The monoisotopic (exact) mass is 156 g/mol. The van der Waals surface area contributed by atoms with Gasteiger partial charge in [0.25, 0.3) is 0 Å². The Kier molecular flexibility index (Phi) is 1.38. The second kappa shape index (κ2) is 2.38. The minimum atomic E-state index is 0.895. The van der Waals surface area contributed by atoms with Crippen LogP contribution in [0.25, 0.3) is 11.0 Å². The highest BCUT2D eigenvalue weighted by atomic mass is 15.0. The minimum Gasteiger partial charge on any atom is -0.334 e. The maximum absolute atomic E-state index is 5.28. The summed E-state index contributed by atoms with van der Waals surface area (Å²) in [5.74, 6) is 2.60. The lowest BCUT2D eigenvalue weighted by Crippen LogP contribution is -1.84. The third-order valence-electron chi connectivity index (χ3n) is 1.89. The normalized spacial score (nSPS) is 10.0. The first-order chi connectivity index (χ1) is 5.81. The molecule has 1 aromatic heterocycles. The van der Waals surface area contributed by atoms with E-state index in [0.717, 1.165) is 16.6 Å². The summed E-state index contributed by atoms with van der Waals surface area (Å²) < 4.78 is 1.95. The number of hydrogen-bond donors (Lipinski definition) is 0. The van der Waals surface area contributed by atoms with Gasteiger partial charge in [0.2, 0.25) is 0 Å². The Bertz CT molecular complexity index is 460. The van der Waals surface area contributed by atoms with E-state index in [1.165, 1.54) is 0 Å². The number of rotatable bonds is 0. The molecule has 0 aliphatic heterocycles. The number of aromatic nitrogens is 2. The van der Waals surface area contributed by atoms with Crippen LogP contribution in [0.3, 0.4) is 0 Å². The van der Waals surface area contributed by atoms with E-state index in [4.69, 9.17) is 6.42 Å². The van der Waals surface area contributed by atoms with Crippen molar-refractivity contribution in [3.63, 3.8) is 0 Å². The second-order valence-electron chi connectivity index (χ2n) is 2.70. The highest BCUT2D eigenvalue weighted by Crippen LogP contribution is 2.12. The van der Waals surface area contributed by atoms with Crippen molar-refractivity contribution in [2.45, 2.75) is 0 Å². The maximum atomic E-state index is 5.28. The predicted octanol–water partition coefficient (Wildman–Crippen LogP) is 1.55. The molecule has 0 N–H and O–H groups in total. The quantitative estimate of drug-likeness (QED) is 0.529. The smallest absolute Gasteiger partial charge is 0.0955 e. The van der Waals surface area contributed by atoms with E-state index < -0.39 is 0 Å². The average Bonchev–Trinajstić information content (AvgIpc) is 2.47. The van der Waals surface area contributed by atoms with Crippen LogP contribution in [0.5, 0.6) is 0 Å². The Morgan fingerprint density at radius 3 is 3.08 bits per heavy atom. The number of terminal acetylenes is 1. The molecule has 58 valence electrons. The summed E-state index contributed by atoms with van der Waals surface area (Å²) >= 11 is 0. The third kappa shape index (κ3) is 0.876. The molecule has 1 aromatic carbocycles. The molecule has 0 bridgehead atoms. The topological polar surface area (TPSA) is 17.8 Å². The summed E-state index contributed by atoms with van der Waals surface area (Å²) in [4.78, 5) is 4.19. The summed E-state index contributed by atoms with van der Waals surface area (Å²) in [7, 11) is 1.95. The number of benzene rings is 1. The van der Waals surface area contributed by atoms with Crippen molar-refractivity contribution in [1.29, 1.82) is 0 Å². The van der Waals surface area contributed by atoms with Gasteiger partial charge in [-0.15, -0.1) is 6.42 Å². The number of aryl methyl sites for hydroxylation is 1. The Balaban J connectivity index is 2.82. The van der Waals surface area contributed by atoms with Crippen LogP contribution in [-0.2, 0) is 7.05 Å². The first-order valence-corrected chi connectivity index (χ1v) is 3.69. The van der Waals surface area contributed by atoms with Gasteiger partial charge in [-0.2, -0.15) is 0 Å². The zero-order valence-corrected chi connectivity index (χ0v) is 6.78. The zero-order valence-electron chi connectivity index (χ0n) is 6.78. The van der Waals surface area contributed by atoms with E-state index in [1.54, 1.807) is 6.33 Å². The molecule has 2 aromatic rings. The van der Waals surface area contributed by atoms with Crippen LogP contribution in [0.15, 0.2) is 24.5 Å². The van der Waals surface area contributed by atoms with Crippen molar-refractivity contribution < 1.29 is 0 Å². The van der Waals surface area contributed by atoms with Crippen molar-refractivity contribution in [2.75, 3.05) is 0 Å². The first-order valence-electron chi connectivity index (χ1n) is 3.69. The van der Waals surface area contributed by atoms with Crippen molar-refractivity contribution in [2.24, 2.45) is 7.05 Å². The Morgan fingerprint density at radius 2 is 2.33 bits per heavy atom. The molecule has 0 saturated heterocycles. The summed E-state index contributed by atoms with van der Waals surface area (Å²) in [6.07, 6.45) is 7.06. The van der Waals surface area contributed by atoms with Crippen LogP contribution < -0.4 is 0 Å². The van der Waals surface area contributed by atoms with Gasteiger partial charge in [-0.1, -0.05) is 5.92 Å². The SMILES string of the molecule is C#Cc1ccc2ncn(C)c2c1. The summed E-state index contributed by atoms with van der Waals surface area (Å²) in [5, 5.41) is 0. The maximum Gasteiger partial charge on any atom is 0.0955 e. The lowest BCUT2D eigenvalue weighted by Gasteiger charge is -1.94. The Labute approximate surface area is 70.8 Å². The summed E-state index contributed by atoms with van der Waals surface area (Å²) in [6, 6.07) is 5.79. The van der Waals surface area contributed by atoms with E-state index in [0.29, 0.717) is 0 Å². The van der Waals surface area contributed by atoms with Crippen LogP contribution in [0.2, 0.25) is 0 Å². The Morgan fingerprint density at radius 1 is 1.50 bits per heavy atom. The van der Waals surface area contributed by atoms with Crippen molar-refractivity contribution in [1.82, 2.24) is 9.55 Å². The van der Waals surface area contributed by atoms with Gasteiger partial charge in [-0.3, -0.25) is 0 Å². The number of fused-ring (bicyclic) bond motifs is 1. The molecular formula is C10H8N2. The van der Waals surface area contributed by atoms with Crippen LogP contribution >= 0.6 is 0 Å². The van der Waals surface area contributed by atoms with E-state index >= 15 is 0 Å². The van der Waals surface area contributed by atoms with Gasteiger partial charge < -0.3 is 4.57 Å². The van der Waals surface area contributed by atoms with Gasteiger partial charge >= 0.3 is 0 Å². The standard InChI is InChI=1S/C10H8N2/c1-3-8-4-5-9-10(6-8)12(2)7-11-9/h1,4-7H,2H3. The molecule has 12 heavy (non-hydrogen) atoms. The highest BCUT2D eigenvalue weighted by Gasteiger charge is 1.98. The average molecular weight is 156 g/mol. The Hall–Kier alpha value is -1.75. The fraction of sp³-hybridized carbons (Fsp3) is 0.100. The number of imidazole rings is 1. The molecule has 0 atom stereocenters. The molecule has 0 amide bonds. The van der Waals surface area contributed by atoms with Crippen LogP contribution in [0.4, 0.5) is 0 Å². The fourth-order valence-corrected chi connectivity index (χ4v) is 1.22. The third-order valence-corrected chi connectivity index (χ3v) is 1.89. The molecule has 2 nitrogen and oxygen atoms in total. The van der Waals surface area contributed by atoms with E-state index in [9.17, 15) is 0 Å². The van der Waals surface area contributed by atoms with Crippen molar-refractivity contribution >= 4 is 11.0 Å². The molecule has 0 saturated carbocycles. The van der Waals surface area contributed by atoms with Crippen molar-refractivity contribution in [3.05, 3.63) is 30.1 Å². The number of nitrogens with zero attached hydrogens (tertiary/aromatic N) is 2. The van der Waals surface area contributed by atoms with E-state index in [-0.39, 0.29) is 0 Å². The van der Waals surface area contributed by atoms with E-state index in [1.807, 2.05) is 29.8 Å². The molecule has 1 heterocycles.